The van der Waals surface area contributed by atoms with Crippen LogP contribution in [0.25, 0.3) is 0 Å². The lowest BCUT2D eigenvalue weighted by Gasteiger charge is -2.07. The maximum absolute atomic E-state index is 13.0. The Morgan fingerprint density at radius 1 is 1.37 bits per heavy atom. The zero-order valence-corrected chi connectivity index (χ0v) is 10.8. The largest absolute Gasteiger partial charge is 0.464 e. The second-order valence-electron chi connectivity index (χ2n) is 3.49. The second-order valence-corrected chi connectivity index (χ2v) is 3.89. The molecule has 0 aliphatic carbocycles. The molecule has 0 aliphatic rings. The molecule has 2 rings (SSSR count). The van der Waals surface area contributed by atoms with E-state index in [1.165, 1.54) is 18.2 Å². The van der Waals surface area contributed by atoms with Crippen LogP contribution >= 0.6 is 11.6 Å². The summed E-state index contributed by atoms with van der Waals surface area (Å²) in [6, 6.07) is 4.27. The first-order chi connectivity index (χ1) is 9.08. The third-order valence-corrected chi connectivity index (χ3v) is 2.37. The van der Waals surface area contributed by atoms with E-state index < -0.39 is 5.82 Å². The Labute approximate surface area is 113 Å². The number of halogens is 2. The van der Waals surface area contributed by atoms with Crippen molar-refractivity contribution >= 4 is 29.2 Å². The van der Waals surface area contributed by atoms with E-state index in [4.69, 9.17) is 22.1 Å². The van der Waals surface area contributed by atoms with Gasteiger partial charge in [-0.1, -0.05) is 11.6 Å². The van der Waals surface area contributed by atoms with Crippen molar-refractivity contribution in [1.82, 2.24) is 15.0 Å². The van der Waals surface area contributed by atoms with Gasteiger partial charge in [0.2, 0.25) is 11.9 Å². The molecule has 100 valence electrons. The van der Waals surface area contributed by atoms with Crippen molar-refractivity contribution in [3.63, 3.8) is 0 Å². The first-order valence-electron chi connectivity index (χ1n) is 5.45. The van der Waals surface area contributed by atoms with E-state index in [1.807, 2.05) is 0 Å². The summed E-state index contributed by atoms with van der Waals surface area (Å²) in [4.78, 5) is 11.7. The summed E-state index contributed by atoms with van der Waals surface area (Å²) < 4.78 is 18.2. The average molecular weight is 284 g/mol. The summed E-state index contributed by atoms with van der Waals surface area (Å²) in [5.74, 6) is -0.287. The highest BCUT2D eigenvalue weighted by Crippen LogP contribution is 2.22. The predicted octanol–water partition coefficient (Wildman–Crippen LogP) is 2.39. The van der Waals surface area contributed by atoms with Gasteiger partial charge in [0.15, 0.2) is 0 Å². The van der Waals surface area contributed by atoms with Crippen molar-refractivity contribution in [2.24, 2.45) is 0 Å². The minimum Gasteiger partial charge on any atom is -0.464 e. The molecule has 0 unspecified atom stereocenters. The number of nitrogens with two attached hydrogens (primary N) is 1. The van der Waals surface area contributed by atoms with Crippen molar-refractivity contribution in [1.29, 1.82) is 0 Å². The maximum Gasteiger partial charge on any atom is 0.323 e. The highest BCUT2D eigenvalue weighted by molar-refractivity contribution is 6.31. The molecule has 8 heteroatoms. The van der Waals surface area contributed by atoms with Crippen LogP contribution < -0.4 is 15.8 Å². The number of nitrogens with zero attached hydrogens (tertiary/aromatic N) is 3. The third kappa shape index (κ3) is 3.41. The van der Waals surface area contributed by atoms with Crippen LogP contribution in [0.2, 0.25) is 5.02 Å². The fraction of sp³-hybridized carbons (Fsp3) is 0.182. The van der Waals surface area contributed by atoms with Gasteiger partial charge in [0, 0.05) is 5.69 Å². The monoisotopic (exact) mass is 283 g/mol. The average Bonchev–Trinajstić information content (AvgIpc) is 2.33. The normalized spacial score (nSPS) is 10.3. The predicted molar refractivity (Wildman–Crippen MR) is 70.1 cm³/mol. The number of rotatable bonds is 4. The molecule has 19 heavy (non-hydrogen) atoms. The molecule has 1 aromatic carbocycles. The molecule has 0 bridgehead atoms. The number of ether oxygens (including phenoxy) is 1. The Hall–Kier alpha value is -2.15. The van der Waals surface area contributed by atoms with E-state index in [9.17, 15) is 4.39 Å². The number of aromatic nitrogens is 3. The van der Waals surface area contributed by atoms with E-state index in [2.05, 4.69) is 20.3 Å². The number of benzene rings is 1. The molecule has 0 saturated carbocycles. The Kier molecular flexibility index (Phi) is 3.96. The summed E-state index contributed by atoms with van der Waals surface area (Å²) in [6.07, 6.45) is 0. The van der Waals surface area contributed by atoms with Crippen LogP contribution in [0.3, 0.4) is 0 Å². The van der Waals surface area contributed by atoms with Crippen molar-refractivity contribution in [2.45, 2.75) is 6.92 Å². The summed E-state index contributed by atoms with van der Waals surface area (Å²) in [7, 11) is 0. The van der Waals surface area contributed by atoms with Gasteiger partial charge in [0.05, 0.1) is 11.6 Å². The van der Waals surface area contributed by atoms with Crippen molar-refractivity contribution in [3.05, 3.63) is 29.0 Å². The van der Waals surface area contributed by atoms with Gasteiger partial charge in [0.1, 0.15) is 5.82 Å². The Morgan fingerprint density at radius 2 is 2.16 bits per heavy atom. The minimum absolute atomic E-state index is 0.00272. The van der Waals surface area contributed by atoms with E-state index >= 15 is 0 Å². The summed E-state index contributed by atoms with van der Waals surface area (Å²) in [5, 5.41) is 2.84. The zero-order valence-electron chi connectivity index (χ0n) is 10.0. The standard InChI is InChI=1S/C11H11ClFN5O/c1-2-19-11-17-9(14)16-10(18-11)15-6-3-4-8(13)7(12)5-6/h3-5H,2H2,1H3,(H3,14,15,16,17,18). The van der Waals surface area contributed by atoms with Crippen LogP contribution in [0, 0.1) is 5.82 Å². The summed E-state index contributed by atoms with van der Waals surface area (Å²) >= 11 is 5.67. The van der Waals surface area contributed by atoms with Gasteiger partial charge < -0.3 is 15.8 Å². The summed E-state index contributed by atoms with van der Waals surface area (Å²) in [5.41, 5.74) is 6.06. The van der Waals surface area contributed by atoms with Crippen LogP contribution in [-0.2, 0) is 0 Å². The van der Waals surface area contributed by atoms with E-state index in [1.54, 1.807) is 6.92 Å². The van der Waals surface area contributed by atoms with Gasteiger partial charge in [-0.05, 0) is 25.1 Å². The molecule has 1 heterocycles. The Balaban J connectivity index is 2.24. The molecule has 0 saturated heterocycles. The maximum atomic E-state index is 13.0. The topological polar surface area (TPSA) is 86.0 Å². The second kappa shape index (κ2) is 5.66. The molecule has 0 spiro atoms. The number of hydrogen-bond donors (Lipinski definition) is 2. The van der Waals surface area contributed by atoms with Crippen LogP contribution in [-0.4, -0.2) is 21.6 Å². The van der Waals surface area contributed by atoms with E-state index in [0.29, 0.717) is 12.3 Å². The quantitative estimate of drug-likeness (QED) is 0.896. The molecule has 2 aromatic rings. The van der Waals surface area contributed by atoms with Crippen LogP contribution in [0.4, 0.5) is 22.0 Å². The van der Waals surface area contributed by atoms with E-state index in [-0.39, 0.29) is 22.9 Å². The van der Waals surface area contributed by atoms with Gasteiger partial charge in [0.25, 0.3) is 0 Å². The number of nitrogen functional groups attached to an aromatic ring is 1. The fourth-order valence-corrected chi connectivity index (χ4v) is 1.51. The first-order valence-corrected chi connectivity index (χ1v) is 5.82. The lowest BCUT2D eigenvalue weighted by molar-refractivity contribution is 0.312. The van der Waals surface area contributed by atoms with Crippen molar-refractivity contribution < 1.29 is 9.13 Å². The van der Waals surface area contributed by atoms with Gasteiger partial charge in [-0.15, -0.1) is 0 Å². The highest BCUT2D eigenvalue weighted by atomic mass is 35.5. The first kappa shape index (κ1) is 13.3. The molecule has 0 aliphatic heterocycles. The molecule has 1 aromatic heterocycles. The minimum atomic E-state index is -0.502. The molecule has 0 radical (unpaired) electrons. The van der Waals surface area contributed by atoms with E-state index in [0.717, 1.165) is 0 Å². The molecule has 0 amide bonds. The van der Waals surface area contributed by atoms with Gasteiger partial charge >= 0.3 is 6.01 Å². The molecule has 0 fully saturated rings. The highest BCUT2D eigenvalue weighted by Gasteiger charge is 2.07. The van der Waals surface area contributed by atoms with Gasteiger partial charge in [-0.25, -0.2) is 4.39 Å². The number of hydrogen-bond acceptors (Lipinski definition) is 6. The SMILES string of the molecule is CCOc1nc(N)nc(Nc2ccc(F)c(Cl)c2)n1. The molecule has 0 atom stereocenters. The smallest absolute Gasteiger partial charge is 0.323 e. The number of nitrogens with one attached hydrogen (secondary N) is 1. The fourth-order valence-electron chi connectivity index (χ4n) is 1.32. The van der Waals surface area contributed by atoms with Crippen LogP contribution in [0.5, 0.6) is 6.01 Å². The Morgan fingerprint density at radius 3 is 2.84 bits per heavy atom. The van der Waals surface area contributed by atoms with Crippen molar-refractivity contribution in [3.8, 4) is 6.01 Å². The van der Waals surface area contributed by atoms with Crippen LogP contribution in [0.15, 0.2) is 18.2 Å². The van der Waals surface area contributed by atoms with Gasteiger partial charge in [-0.3, -0.25) is 0 Å². The Bertz CT molecular complexity index is 595. The zero-order chi connectivity index (χ0) is 13.8. The molecular weight excluding hydrogens is 273 g/mol. The van der Waals surface area contributed by atoms with Crippen LogP contribution in [0.1, 0.15) is 6.92 Å². The molecule has 6 nitrogen and oxygen atoms in total. The molecule has 3 N–H and O–H groups in total. The van der Waals surface area contributed by atoms with Gasteiger partial charge in [-0.2, -0.15) is 15.0 Å². The molecular formula is C11H11ClFN5O. The lowest BCUT2D eigenvalue weighted by atomic mass is 10.3. The number of anilines is 3. The third-order valence-electron chi connectivity index (χ3n) is 2.08. The van der Waals surface area contributed by atoms with Crippen molar-refractivity contribution in [2.75, 3.05) is 17.7 Å². The summed E-state index contributed by atoms with van der Waals surface area (Å²) in [6.45, 7) is 2.21. The lowest BCUT2D eigenvalue weighted by Crippen LogP contribution is -2.06.